The van der Waals surface area contributed by atoms with Gasteiger partial charge in [0.05, 0.1) is 21.8 Å². The zero-order valence-electron chi connectivity index (χ0n) is 16.8. The molecule has 0 saturated heterocycles. The van der Waals surface area contributed by atoms with E-state index in [1.165, 1.54) is 12.1 Å². The van der Waals surface area contributed by atoms with Crippen LogP contribution in [0.2, 0.25) is 0 Å². The van der Waals surface area contributed by atoms with Crippen LogP contribution in [0.1, 0.15) is 20.7 Å². The molecule has 0 heterocycles. The second-order valence-corrected chi connectivity index (χ2v) is 6.52. The Labute approximate surface area is 215 Å². The Bertz CT molecular complexity index is 1300. The number of nitro groups is 2. The van der Waals surface area contributed by atoms with Crippen LogP contribution in [0, 0.1) is 20.2 Å². The van der Waals surface area contributed by atoms with Gasteiger partial charge in [-0.3, -0.25) is 20.2 Å². The van der Waals surface area contributed by atoms with E-state index in [0.29, 0.717) is 21.5 Å². The molecule has 0 atom stereocenters. The second-order valence-electron chi connectivity index (χ2n) is 6.52. The number of carbonyl (C=O) groups excluding carboxylic acids is 2. The van der Waals surface area contributed by atoms with Crippen molar-refractivity contribution in [3.8, 4) is 0 Å². The molecule has 0 spiro atoms. The summed E-state index contributed by atoms with van der Waals surface area (Å²) < 4.78 is 0. The maximum Gasteiger partial charge on any atom is 2.00 e. The minimum atomic E-state index is -1.42. The number of benzene rings is 4. The summed E-state index contributed by atoms with van der Waals surface area (Å²) in [5, 5.41) is 44.8. The topological polar surface area (TPSA) is 167 Å². The van der Waals surface area contributed by atoms with Crippen LogP contribution in [-0.4, -0.2) is 59.5 Å². The predicted molar refractivity (Wildman–Crippen MR) is 116 cm³/mol. The zero-order chi connectivity index (χ0) is 23.4. The summed E-state index contributed by atoms with van der Waals surface area (Å²) in [4.78, 5) is 41.7. The number of carbonyl (C=O) groups is 2. The molecule has 0 aliphatic carbocycles. The van der Waals surface area contributed by atoms with Gasteiger partial charge in [0.15, 0.2) is 0 Å². The molecule has 0 saturated carbocycles. The maximum absolute atomic E-state index is 10.9. The Morgan fingerprint density at radius 2 is 0.939 bits per heavy atom. The van der Waals surface area contributed by atoms with E-state index in [0.717, 1.165) is 12.1 Å². The van der Waals surface area contributed by atoms with E-state index >= 15 is 0 Å². The number of hydrogen-bond acceptors (Lipinski definition) is 8. The summed E-state index contributed by atoms with van der Waals surface area (Å²) in [7, 11) is 0. The Kier molecular flexibility index (Phi) is 8.41. The number of aromatic carboxylic acids is 2. The van der Waals surface area contributed by atoms with Gasteiger partial charge in [-0.05, 0) is 21.5 Å². The zero-order valence-corrected chi connectivity index (χ0v) is 19.0. The molecule has 0 aliphatic heterocycles. The van der Waals surface area contributed by atoms with Crippen LogP contribution in [0.5, 0.6) is 0 Å². The Hall–Kier alpha value is -3.60. The van der Waals surface area contributed by atoms with Crippen LogP contribution in [0.15, 0.2) is 72.8 Å². The number of carboxylic acids is 2. The monoisotopic (exact) mass is 472 g/mol. The van der Waals surface area contributed by atoms with E-state index in [1.807, 2.05) is 0 Å². The molecule has 4 rings (SSSR count). The van der Waals surface area contributed by atoms with Gasteiger partial charge in [-0.1, -0.05) is 48.5 Å². The number of nitro benzene ring substituents is 2. The molecule has 0 N–H and O–H groups in total. The summed E-state index contributed by atoms with van der Waals surface area (Å²) in [6.07, 6.45) is 0. The fourth-order valence-corrected chi connectivity index (χ4v) is 3.14. The average Bonchev–Trinajstić information content (AvgIpc) is 2.77. The molecule has 160 valence electrons. The molecule has 33 heavy (non-hydrogen) atoms. The number of carboxylic acid groups (broad SMARTS) is 2. The van der Waals surface area contributed by atoms with E-state index in [1.54, 1.807) is 48.5 Å². The van der Waals surface area contributed by atoms with Gasteiger partial charge in [-0.2, -0.15) is 0 Å². The summed E-state index contributed by atoms with van der Waals surface area (Å²) in [5.41, 5.74) is -0.828. The van der Waals surface area contributed by atoms with Crippen LogP contribution < -0.4 is 10.2 Å². The first kappa shape index (κ1) is 25.7. The maximum atomic E-state index is 10.9. The first-order valence-corrected chi connectivity index (χ1v) is 8.96. The Morgan fingerprint density at radius 3 is 1.24 bits per heavy atom. The number of nitrogens with zero attached hydrogens (tertiary/aromatic N) is 2. The third kappa shape index (κ3) is 5.80. The molecule has 0 fully saturated rings. The number of fused-ring (bicyclic) bond motifs is 2. The Morgan fingerprint density at radius 1 is 0.606 bits per heavy atom. The number of non-ortho nitro benzene ring substituents is 2. The average molecular weight is 472 g/mol. The minimum absolute atomic E-state index is 0. The molecule has 4 aromatic carbocycles. The third-order valence-corrected chi connectivity index (χ3v) is 4.55. The van der Waals surface area contributed by atoms with Gasteiger partial charge >= 0.3 is 37.7 Å². The van der Waals surface area contributed by atoms with Gasteiger partial charge in [-0.25, -0.2) is 0 Å². The molecule has 0 unspecified atom stereocenters. The van der Waals surface area contributed by atoms with E-state index < -0.39 is 21.8 Å². The van der Waals surface area contributed by atoms with Crippen molar-refractivity contribution in [1.82, 2.24) is 0 Å². The van der Waals surface area contributed by atoms with Gasteiger partial charge < -0.3 is 19.8 Å². The first-order chi connectivity index (χ1) is 15.2. The number of hydrogen-bond donors (Lipinski definition) is 0. The normalized spacial score (nSPS) is 9.94. The van der Waals surface area contributed by atoms with Crippen LogP contribution >= 0.6 is 0 Å². The van der Waals surface area contributed by atoms with Crippen molar-refractivity contribution >= 4 is 82.6 Å². The summed E-state index contributed by atoms with van der Waals surface area (Å²) in [6.45, 7) is 0. The fraction of sp³-hybridized carbons (Fsp3) is 0. The largest absolute Gasteiger partial charge is 2.00 e. The molecule has 10 nitrogen and oxygen atoms in total. The summed E-state index contributed by atoms with van der Waals surface area (Å²) in [6, 6.07) is 17.8. The van der Waals surface area contributed by atoms with Gasteiger partial charge in [0, 0.05) is 35.4 Å². The molecule has 4 aromatic rings. The van der Waals surface area contributed by atoms with Gasteiger partial charge in [-0.15, -0.1) is 0 Å². The van der Waals surface area contributed by atoms with E-state index in [-0.39, 0.29) is 60.2 Å². The molecular weight excluding hydrogens is 460 g/mol. The molecule has 0 aliphatic rings. The van der Waals surface area contributed by atoms with Crippen molar-refractivity contribution in [2.45, 2.75) is 0 Å². The molecule has 0 bridgehead atoms. The molecule has 11 heteroatoms. The van der Waals surface area contributed by atoms with Gasteiger partial charge in [0.2, 0.25) is 0 Å². The summed E-state index contributed by atoms with van der Waals surface area (Å²) in [5.74, 6) is -2.83. The van der Waals surface area contributed by atoms with Crippen LogP contribution in [0.3, 0.4) is 0 Å². The first-order valence-electron chi connectivity index (χ1n) is 8.96. The SMILES string of the molecule is O=C([O-])c1cc([N+](=O)[O-])cc2ccccc12.O=C([O-])c1cc([N+](=O)[O-])cc2ccccc12.[Ca+2]. The van der Waals surface area contributed by atoms with Crippen LogP contribution in [0.4, 0.5) is 11.4 Å². The van der Waals surface area contributed by atoms with Crippen LogP contribution in [0.25, 0.3) is 21.5 Å². The van der Waals surface area contributed by atoms with Crippen molar-refractivity contribution in [2.24, 2.45) is 0 Å². The quantitative estimate of drug-likeness (QED) is 0.246. The standard InChI is InChI=1S/2C11H7NO4.Ca/c2*13-11(14)10-6-8(12(15)16)5-7-3-1-2-4-9(7)10;/h2*1-6H,(H,13,14);/q;;+2/p-2. The molecule has 0 radical (unpaired) electrons. The van der Waals surface area contributed by atoms with Gasteiger partial charge in [0.25, 0.3) is 11.4 Å². The molecule has 0 amide bonds. The van der Waals surface area contributed by atoms with Crippen molar-refractivity contribution in [2.75, 3.05) is 0 Å². The Balaban J connectivity index is 0.000000227. The van der Waals surface area contributed by atoms with Crippen molar-refractivity contribution in [1.29, 1.82) is 0 Å². The van der Waals surface area contributed by atoms with Gasteiger partial charge in [0.1, 0.15) is 0 Å². The predicted octanol–water partition coefficient (Wildman–Crippen LogP) is 1.84. The van der Waals surface area contributed by atoms with Crippen molar-refractivity contribution in [3.63, 3.8) is 0 Å². The van der Waals surface area contributed by atoms with Crippen molar-refractivity contribution in [3.05, 3.63) is 104 Å². The van der Waals surface area contributed by atoms with E-state index in [4.69, 9.17) is 0 Å². The minimum Gasteiger partial charge on any atom is -0.545 e. The van der Waals surface area contributed by atoms with E-state index in [9.17, 15) is 40.0 Å². The van der Waals surface area contributed by atoms with Crippen LogP contribution in [-0.2, 0) is 0 Å². The third-order valence-electron chi connectivity index (χ3n) is 4.55. The van der Waals surface area contributed by atoms with E-state index in [2.05, 4.69) is 0 Å². The second kappa shape index (κ2) is 10.8. The molecular formula is C22H12CaN2O8. The number of rotatable bonds is 4. The fourth-order valence-electron chi connectivity index (χ4n) is 3.14. The smallest absolute Gasteiger partial charge is 0.545 e. The summed E-state index contributed by atoms with van der Waals surface area (Å²) >= 11 is 0. The molecule has 0 aromatic heterocycles. The van der Waals surface area contributed by atoms with Crippen molar-refractivity contribution < 1.29 is 29.6 Å².